The molecule has 1 aromatic carbocycles. The summed E-state index contributed by atoms with van der Waals surface area (Å²) in [6.45, 7) is 1.84. The molecule has 86 valence electrons. The summed E-state index contributed by atoms with van der Waals surface area (Å²) in [5, 5.41) is 10.6. The second-order valence-electron chi connectivity index (χ2n) is 3.09. The summed E-state index contributed by atoms with van der Waals surface area (Å²) in [7, 11) is 0. The summed E-state index contributed by atoms with van der Waals surface area (Å²) in [4.78, 5) is 21.1. The first-order valence-electron chi connectivity index (χ1n) is 4.69. The molecule has 0 N–H and O–H groups in total. The second-order valence-corrected chi connectivity index (χ2v) is 3.50. The van der Waals surface area contributed by atoms with E-state index >= 15 is 0 Å². The van der Waals surface area contributed by atoms with Crippen molar-refractivity contribution in [2.45, 2.75) is 19.8 Å². The molecule has 5 nitrogen and oxygen atoms in total. The van der Waals surface area contributed by atoms with Crippen LogP contribution in [0.2, 0.25) is 5.02 Å². The second kappa shape index (κ2) is 5.46. The molecule has 1 aromatic rings. The topological polar surface area (TPSA) is 69.4 Å². The zero-order valence-corrected chi connectivity index (χ0v) is 9.36. The highest BCUT2D eigenvalue weighted by molar-refractivity contribution is 6.32. The van der Waals surface area contributed by atoms with Gasteiger partial charge < -0.3 is 4.74 Å². The minimum atomic E-state index is -0.626. The van der Waals surface area contributed by atoms with E-state index in [9.17, 15) is 14.9 Å². The molecule has 0 radical (unpaired) electrons. The van der Waals surface area contributed by atoms with Crippen LogP contribution in [0.4, 0.5) is 5.69 Å². The Balaban J connectivity index is 2.87. The summed E-state index contributed by atoms with van der Waals surface area (Å²) < 4.78 is 4.90. The number of carbonyl (C=O) groups excluding carboxylic acids is 1. The van der Waals surface area contributed by atoms with E-state index in [0.717, 1.165) is 6.07 Å². The Labute approximate surface area is 97.1 Å². The highest BCUT2D eigenvalue weighted by atomic mass is 35.5. The van der Waals surface area contributed by atoms with Crippen molar-refractivity contribution in [1.29, 1.82) is 0 Å². The number of rotatable bonds is 4. The average Bonchev–Trinajstić information content (AvgIpc) is 2.21. The van der Waals surface area contributed by atoms with Gasteiger partial charge in [0.15, 0.2) is 0 Å². The lowest BCUT2D eigenvalue weighted by molar-refractivity contribution is -0.384. The van der Waals surface area contributed by atoms with Crippen molar-refractivity contribution in [3.63, 3.8) is 0 Å². The molecule has 6 heteroatoms. The maximum Gasteiger partial charge on any atom is 0.311 e. The number of halogens is 1. The molecule has 0 aliphatic carbocycles. The number of hydrogen-bond acceptors (Lipinski definition) is 4. The number of nitro groups is 1. The third-order valence-electron chi connectivity index (χ3n) is 1.80. The quantitative estimate of drug-likeness (QED) is 0.353. The zero-order chi connectivity index (χ0) is 12.1. The first-order chi connectivity index (χ1) is 7.54. The van der Waals surface area contributed by atoms with Gasteiger partial charge in [-0.15, -0.1) is 0 Å². The van der Waals surface area contributed by atoms with Crippen LogP contribution in [0.3, 0.4) is 0 Å². The predicted octanol–water partition coefficient (Wildman–Crippen LogP) is 2.95. The van der Waals surface area contributed by atoms with Gasteiger partial charge in [-0.2, -0.15) is 0 Å². The predicted molar refractivity (Wildman–Crippen MR) is 58.6 cm³/mol. The van der Waals surface area contributed by atoms with Crippen LogP contribution in [0, 0.1) is 10.1 Å². The Kier molecular flexibility index (Phi) is 4.25. The monoisotopic (exact) mass is 243 g/mol. The van der Waals surface area contributed by atoms with Gasteiger partial charge in [-0.1, -0.05) is 18.5 Å². The van der Waals surface area contributed by atoms with Gasteiger partial charge in [0.05, 0.1) is 11.0 Å². The van der Waals surface area contributed by atoms with Gasteiger partial charge in [-0.3, -0.25) is 14.9 Å². The normalized spacial score (nSPS) is 9.88. The van der Waals surface area contributed by atoms with Crippen LogP contribution in [0.25, 0.3) is 0 Å². The molecule has 0 fully saturated rings. The Morgan fingerprint density at radius 2 is 2.25 bits per heavy atom. The molecule has 0 atom stereocenters. The van der Waals surface area contributed by atoms with E-state index < -0.39 is 10.9 Å². The molecule has 0 amide bonds. The average molecular weight is 244 g/mol. The van der Waals surface area contributed by atoms with Crippen molar-refractivity contribution >= 4 is 23.3 Å². The van der Waals surface area contributed by atoms with Gasteiger partial charge in [0.25, 0.3) is 5.69 Å². The highest BCUT2D eigenvalue weighted by Crippen LogP contribution is 2.28. The van der Waals surface area contributed by atoms with E-state index in [4.69, 9.17) is 16.3 Å². The standard InChI is InChI=1S/C10H10ClNO4/c1-2-3-10(13)16-7-4-5-8(11)9(6-7)12(14)15/h4-6H,2-3H2,1H3. The summed E-state index contributed by atoms with van der Waals surface area (Å²) in [5.41, 5.74) is -0.275. The fourth-order valence-corrected chi connectivity index (χ4v) is 1.27. The van der Waals surface area contributed by atoms with Crippen LogP contribution in [-0.2, 0) is 4.79 Å². The molecular weight excluding hydrogens is 234 g/mol. The molecule has 0 saturated carbocycles. The summed E-state index contributed by atoms with van der Waals surface area (Å²) in [6.07, 6.45) is 0.935. The Morgan fingerprint density at radius 3 is 2.81 bits per heavy atom. The largest absolute Gasteiger partial charge is 0.426 e. The molecule has 0 saturated heterocycles. The summed E-state index contributed by atoms with van der Waals surface area (Å²) in [6, 6.07) is 3.88. The van der Waals surface area contributed by atoms with Crippen LogP contribution < -0.4 is 4.74 Å². The van der Waals surface area contributed by atoms with Crippen molar-refractivity contribution in [2.24, 2.45) is 0 Å². The van der Waals surface area contributed by atoms with Crippen molar-refractivity contribution in [1.82, 2.24) is 0 Å². The smallest absolute Gasteiger partial charge is 0.311 e. The minimum Gasteiger partial charge on any atom is -0.426 e. The molecule has 0 spiro atoms. The van der Waals surface area contributed by atoms with Gasteiger partial charge in [0.1, 0.15) is 10.8 Å². The lowest BCUT2D eigenvalue weighted by Gasteiger charge is -2.03. The van der Waals surface area contributed by atoms with E-state index in [-0.39, 0.29) is 22.9 Å². The van der Waals surface area contributed by atoms with Crippen molar-refractivity contribution < 1.29 is 14.5 Å². The molecule has 16 heavy (non-hydrogen) atoms. The third kappa shape index (κ3) is 3.20. The number of carbonyl (C=O) groups is 1. The molecule has 0 aliphatic heterocycles. The molecule has 0 aromatic heterocycles. The van der Waals surface area contributed by atoms with Gasteiger partial charge in [-0.05, 0) is 18.6 Å². The first kappa shape index (κ1) is 12.4. The van der Waals surface area contributed by atoms with Gasteiger partial charge in [0, 0.05) is 6.42 Å². The number of benzene rings is 1. The maximum absolute atomic E-state index is 11.2. The lowest BCUT2D eigenvalue weighted by atomic mass is 10.3. The summed E-state index contributed by atoms with van der Waals surface area (Å²) in [5.74, 6) is -0.284. The maximum atomic E-state index is 11.2. The molecule has 0 aliphatic rings. The van der Waals surface area contributed by atoms with E-state index in [1.807, 2.05) is 6.92 Å². The number of nitro benzene ring substituents is 1. The minimum absolute atomic E-state index is 0.0142. The fraction of sp³-hybridized carbons (Fsp3) is 0.300. The van der Waals surface area contributed by atoms with Crippen molar-refractivity contribution in [2.75, 3.05) is 0 Å². The third-order valence-corrected chi connectivity index (χ3v) is 2.12. The van der Waals surface area contributed by atoms with E-state index in [1.165, 1.54) is 12.1 Å². The van der Waals surface area contributed by atoms with E-state index in [0.29, 0.717) is 6.42 Å². The Hall–Kier alpha value is -1.62. The van der Waals surface area contributed by atoms with E-state index in [1.54, 1.807) is 0 Å². The zero-order valence-electron chi connectivity index (χ0n) is 8.60. The SMILES string of the molecule is CCCC(=O)Oc1ccc(Cl)c([N+](=O)[O-])c1. The first-order valence-corrected chi connectivity index (χ1v) is 5.07. The van der Waals surface area contributed by atoms with Crippen LogP contribution in [0.1, 0.15) is 19.8 Å². The molecule has 0 heterocycles. The number of nitrogens with zero attached hydrogens (tertiary/aromatic N) is 1. The Bertz CT molecular complexity index is 419. The highest BCUT2D eigenvalue weighted by Gasteiger charge is 2.14. The fourth-order valence-electron chi connectivity index (χ4n) is 1.08. The molecule has 0 bridgehead atoms. The Morgan fingerprint density at radius 1 is 1.56 bits per heavy atom. The van der Waals surface area contributed by atoms with Crippen LogP contribution in [0.15, 0.2) is 18.2 Å². The van der Waals surface area contributed by atoms with Gasteiger partial charge >= 0.3 is 5.97 Å². The molecule has 0 unspecified atom stereocenters. The molecule has 1 rings (SSSR count). The number of ether oxygens (including phenoxy) is 1. The van der Waals surface area contributed by atoms with Gasteiger partial charge in [-0.25, -0.2) is 0 Å². The van der Waals surface area contributed by atoms with E-state index in [2.05, 4.69) is 0 Å². The van der Waals surface area contributed by atoms with Crippen molar-refractivity contribution in [3.05, 3.63) is 33.3 Å². The van der Waals surface area contributed by atoms with Crippen molar-refractivity contribution in [3.8, 4) is 5.75 Å². The van der Waals surface area contributed by atoms with Crippen LogP contribution in [-0.4, -0.2) is 10.9 Å². The van der Waals surface area contributed by atoms with Crippen LogP contribution >= 0.6 is 11.6 Å². The summed E-state index contributed by atoms with van der Waals surface area (Å²) >= 11 is 5.61. The number of esters is 1. The van der Waals surface area contributed by atoms with Crippen LogP contribution in [0.5, 0.6) is 5.75 Å². The van der Waals surface area contributed by atoms with Gasteiger partial charge in [0.2, 0.25) is 0 Å². The lowest BCUT2D eigenvalue weighted by Crippen LogP contribution is -2.07. The number of hydrogen-bond donors (Lipinski definition) is 0. The molecular formula is C10H10ClNO4.